The second-order valence-electron chi connectivity index (χ2n) is 4.84. The quantitative estimate of drug-likeness (QED) is 0.675. The summed E-state index contributed by atoms with van der Waals surface area (Å²) in [5.74, 6) is 0.00543. The van der Waals surface area contributed by atoms with Gasteiger partial charge in [0, 0.05) is 39.7 Å². The van der Waals surface area contributed by atoms with Crippen molar-refractivity contribution in [3.63, 3.8) is 0 Å². The number of nitrogens with one attached hydrogen (secondary N) is 1. The van der Waals surface area contributed by atoms with Gasteiger partial charge in [0.2, 0.25) is 11.8 Å². The van der Waals surface area contributed by atoms with E-state index < -0.39 is 0 Å². The molecule has 6 heteroatoms. The lowest BCUT2D eigenvalue weighted by Gasteiger charge is -2.26. The first-order valence-corrected chi connectivity index (χ1v) is 6.94. The molecule has 0 radical (unpaired) electrons. The number of carbonyl (C=O) groups is 2. The summed E-state index contributed by atoms with van der Waals surface area (Å²) in [5.41, 5.74) is 5.44. The minimum Gasteiger partial charge on any atom is -0.380 e. The molecular formula is C13H25N3O3. The van der Waals surface area contributed by atoms with Crippen molar-refractivity contribution >= 4 is 11.8 Å². The highest BCUT2D eigenvalue weighted by atomic mass is 16.5. The molecule has 0 aliphatic carbocycles. The summed E-state index contributed by atoms with van der Waals surface area (Å²) in [4.78, 5) is 25.3. The van der Waals surface area contributed by atoms with E-state index in [4.69, 9.17) is 10.5 Å². The molecule has 1 saturated heterocycles. The largest absolute Gasteiger partial charge is 0.380 e. The molecule has 1 fully saturated rings. The topological polar surface area (TPSA) is 84.7 Å². The van der Waals surface area contributed by atoms with Gasteiger partial charge in [-0.2, -0.15) is 0 Å². The number of nitrogens with zero attached hydrogens (tertiary/aromatic N) is 1. The van der Waals surface area contributed by atoms with Gasteiger partial charge in [0.15, 0.2) is 0 Å². The van der Waals surface area contributed by atoms with E-state index in [2.05, 4.69) is 5.32 Å². The maximum atomic E-state index is 11.8. The number of nitrogens with two attached hydrogens (primary N) is 1. The van der Waals surface area contributed by atoms with Gasteiger partial charge in [0.25, 0.3) is 0 Å². The fourth-order valence-corrected chi connectivity index (χ4v) is 2.15. The van der Waals surface area contributed by atoms with E-state index in [-0.39, 0.29) is 24.3 Å². The van der Waals surface area contributed by atoms with Gasteiger partial charge < -0.3 is 20.7 Å². The predicted octanol–water partition coefficient (Wildman–Crippen LogP) is -0.131. The summed E-state index contributed by atoms with van der Waals surface area (Å²) in [5, 5.41) is 2.73. The summed E-state index contributed by atoms with van der Waals surface area (Å²) >= 11 is 0. The van der Waals surface area contributed by atoms with Gasteiger partial charge in [-0.1, -0.05) is 0 Å². The number of rotatable bonds is 7. The van der Waals surface area contributed by atoms with Crippen molar-refractivity contribution in [1.82, 2.24) is 10.2 Å². The molecule has 2 amide bonds. The number of piperidine rings is 1. The molecule has 19 heavy (non-hydrogen) atoms. The van der Waals surface area contributed by atoms with E-state index in [1.54, 1.807) is 0 Å². The Hall–Kier alpha value is -1.14. The first-order valence-electron chi connectivity index (χ1n) is 6.94. The summed E-state index contributed by atoms with van der Waals surface area (Å²) in [6.45, 7) is 2.41. The average Bonchev–Trinajstić information content (AvgIpc) is 2.45. The van der Waals surface area contributed by atoms with Crippen LogP contribution in [0.4, 0.5) is 0 Å². The predicted molar refractivity (Wildman–Crippen MR) is 72.5 cm³/mol. The second kappa shape index (κ2) is 8.87. The number of carbonyl (C=O) groups excluding carboxylic acids is 2. The molecule has 0 saturated carbocycles. The van der Waals surface area contributed by atoms with Crippen molar-refractivity contribution in [3.05, 3.63) is 0 Å². The number of likely N-dealkylation sites (tertiary alicyclic amines) is 1. The third-order valence-corrected chi connectivity index (χ3v) is 3.38. The lowest BCUT2D eigenvalue weighted by molar-refractivity contribution is -0.132. The summed E-state index contributed by atoms with van der Waals surface area (Å²) in [7, 11) is 1.53. The minimum atomic E-state index is -0.252. The molecule has 1 unspecified atom stereocenters. The zero-order chi connectivity index (χ0) is 14.1. The summed E-state index contributed by atoms with van der Waals surface area (Å²) in [6.07, 6.45) is 3.74. The van der Waals surface area contributed by atoms with Crippen LogP contribution in [0.5, 0.6) is 0 Å². The van der Waals surface area contributed by atoms with E-state index in [1.807, 2.05) is 4.90 Å². The van der Waals surface area contributed by atoms with Crippen LogP contribution in [-0.4, -0.2) is 56.1 Å². The summed E-state index contributed by atoms with van der Waals surface area (Å²) in [6, 6.07) is 0. The summed E-state index contributed by atoms with van der Waals surface area (Å²) < 4.78 is 5.03. The van der Waals surface area contributed by atoms with Crippen LogP contribution in [0.2, 0.25) is 0 Å². The Morgan fingerprint density at radius 1 is 1.32 bits per heavy atom. The van der Waals surface area contributed by atoms with Gasteiger partial charge in [-0.15, -0.1) is 0 Å². The van der Waals surface area contributed by atoms with Gasteiger partial charge in [-0.25, -0.2) is 0 Å². The van der Waals surface area contributed by atoms with Crippen molar-refractivity contribution in [1.29, 1.82) is 0 Å². The Balaban J connectivity index is 2.15. The fourth-order valence-electron chi connectivity index (χ4n) is 2.15. The normalized spacial score (nSPS) is 17.1. The molecule has 0 bridgehead atoms. The Morgan fingerprint density at radius 3 is 2.58 bits per heavy atom. The maximum Gasteiger partial charge on any atom is 0.224 e. The number of ether oxygens (including phenoxy) is 1. The molecule has 1 atom stereocenters. The lowest BCUT2D eigenvalue weighted by Crippen LogP contribution is -2.38. The minimum absolute atomic E-state index is 0.122. The van der Waals surface area contributed by atoms with E-state index >= 15 is 0 Å². The van der Waals surface area contributed by atoms with Crippen LogP contribution in [-0.2, 0) is 14.3 Å². The molecule has 1 rings (SSSR count). The third-order valence-electron chi connectivity index (χ3n) is 3.38. The first kappa shape index (κ1) is 15.9. The van der Waals surface area contributed by atoms with Crippen LogP contribution in [0, 0.1) is 0 Å². The molecule has 1 aliphatic heterocycles. The molecule has 0 aromatic rings. The fraction of sp³-hybridized carbons (Fsp3) is 0.846. The Morgan fingerprint density at radius 2 is 2.00 bits per heavy atom. The van der Waals surface area contributed by atoms with E-state index in [0.29, 0.717) is 19.5 Å². The Kier molecular flexibility index (Phi) is 7.43. The van der Waals surface area contributed by atoms with Crippen LogP contribution in [0.25, 0.3) is 0 Å². The first-order chi connectivity index (χ1) is 9.17. The SMILES string of the molecule is COC(CN)CC(=O)NCCC(=O)N1CCCCC1. The molecule has 3 N–H and O–H groups in total. The van der Waals surface area contributed by atoms with Gasteiger partial charge in [-0.05, 0) is 19.3 Å². The van der Waals surface area contributed by atoms with E-state index in [0.717, 1.165) is 25.9 Å². The molecule has 1 aliphatic rings. The lowest BCUT2D eigenvalue weighted by atomic mass is 10.1. The molecule has 6 nitrogen and oxygen atoms in total. The number of hydrogen-bond donors (Lipinski definition) is 2. The molecule has 1 heterocycles. The van der Waals surface area contributed by atoms with Crippen molar-refractivity contribution in [2.24, 2.45) is 5.73 Å². The molecular weight excluding hydrogens is 246 g/mol. The van der Waals surface area contributed by atoms with Gasteiger partial charge >= 0.3 is 0 Å². The van der Waals surface area contributed by atoms with E-state index in [9.17, 15) is 9.59 Å². The zero-order valence-corrected chi connectivity index (χ0v) is 11.7. The zero-order valence-electron chi connectivity index (χ0n) is 11.7. The molecule has 110 valence electrons. The van der Waals surface area contributed by atoms with E-state index in [1.165, 1.54) is 13.5 Å². The monoisotopic (exact) mass is 271 g/mol. The number of hydrogen-bond acceptors (Lipinski definition) is 4. The average molecular weight is 271 g/mol. The Labute approximate surface area is 114 Å². The van der Waals surface area contributed by atoms with Crippen molar-refractivity contribution in [2.45, 2.75) is 38.2 Å². The van der Waals surface area contributed by atoms with Crippen molar-refractivity contribution in [3.8, 4) is 0 Å². The maximum absolute atomic E-state index is 11.8. The van der Waals surface area contributed by atoms with Crippen LogP contribution in [0.1, 0.15) is 32.1 Å². The Bertz CT molecular complexity index is 287. The van der Waals surface area contributed by atoms with Crippen LogP contribution < -0.4 is 11.1 Å². The molecule has 0 aromatic carbocycles. The number of methoxy groups -OCH3 is 1. The van der Waals surface area contributed by atoms with Gasteiger partial charge in [0.1, 0.15) is 0 Å². The molecule has 0 aromatic heterocycles. The van der Waals surface area contributed by atoms with Crippen molar-refractivity contribution in [2.75, 3.05) is 33.3 Å². The smallest absolute Gasteiger partial charge is 0.224 e. The molecule has 0 spiro atoms. The van der Waals surface area contributed by atoms with Crippen molar-refractivity contribution < 1.29 is 14.3 Å². The highest BCUT2D eigenvalue weighted by molar-refractivity contribution is 5.79. The van der Waals surface area contributed by atoms with Crippen LogP contribution in [0.15, 0.2) is 0 Å². The van der Waals surface area contributed by atoms with Gasteiger partial charge in [0.05, 0.1) is 12.5 Å². The standard InChI is InChI=1S/C13H25N3O3/c1-19-11(10-14)9-12(17)15-6-5-13(18)16-7-3-2-4-8-16/h11H,2-10,14H2,1H3,(H,15,17). The third kappa shape index (κ3) is 6.02. The van der Waals surface area contributed by atoms with Crippen LogP contribution in [0.3, 0.4) is 0 Å². The number of amides is 2. The van der Waals surface area contributed by atoms with Gasteiger partial charge in [-0.3, -0.25) is 9.59 Å². The second-order valence-corrected chi connectivity index (χ2v) is 4.84. The van der Waals surface area contributed by atoms with Crippen LogP contribution >= 0.6 is 0 Å². The highest BCUT2D eigenvalue weighted by Gasteiger charge is 2.16. The highest BCUT2D eigenvalue weighted by Crippen LogP contribution is 2.09.